The van der Waals surface area contributed by atoms with Crippen LogP contribution >= 0.6 is 12.2 Å². The molecule has 5 nitrogen and oxygen atoms in total. The number of isothiocyanates is 1. The molecule has 0 rings (SSSR count). The molecule has 0 saturated carbocycles. The zero-order valence-corrected chi connectivity index (χ0v) is 9.50. The van der Waals surface area contributed by atoms with Gasteiger partial charge in [-0.1, -0.05) is 0 Å². The summed E-state index contributed by atoms with van der Waals surface area (Å²) in [6, 6.07) is -0.367. The number of nitrogens with zero attached hydrogens (tertiary/aromatic N) is 1. The molecule has 1 unspecified atom stereocenters. The van der Waals surface area contributed by atoms with Crippen LogP contribution in [0.2, 0.25) is 0 Å². The number of methoxy groups -OCH3 is 2. The van der Waals surface area contributed by atoms with E-state index in [9.17, 15) is 9.59 Å². The lowest BCUT2D eigenvalue weighted by molar-refractivity contribution is -0.143. The Morgan fingerprint density at radius 1 is 1.33 bits per heavy atom. The lowest BCUT2D eigenvalue weighted by Crippen LogP contribution is -2.15. The number of hydrogen-bond acceptors (Lipinski definition) is 6. The van der Waals surface area contributed by atoms with Gasteiger partial charge in [0.05, 0.1) is 31.8 Å². The normalized spacial score (nSPS) is 11.1. The van der Waals surface area contributed by atoms with Crippen LogP contribution in [0.25, 0.3) is 0 Å². The largest absolute Gasteiger partial charge is 0.469 e. The summed E-state index contributed by atoms with van der Waals surface area (Å²) < 4.78 is 8.95. The van der Waals surface area contributed by atoms with Crippen LogP contribution in [-0.2, 0) is 19.1 Å². The number of ether oxygens (including phenoxy) is 2. The van der Waals surface area contributed by atoms with E-state index in [-0.39, 0.29) is 30.8 Å². The Morgan fingerprint density at radius 3 is 2.40 bits per heavy atom. The van der Waals surface area contributed by atoms with E-state index in [0.717, 1.165) is 0 Å². The predicted octanol–water partition coefficient (Wildman–Crippen LogP) is 0.974. The third kappa shape index (κ3) is 6.76. The van der Waals surface area contributed by atoms with Gasteiger partial charge in [0, 0.05) is 6.42 Å². The quantitative estimate of drug-likeness (QED) is 0.387. The third-order valence-corrected chi connectivity index (χ3v) is 1.88. The first kappa shape index (κ1) is 13.7. The first-order valence-corrected chi connectivity index (χ1v) is 4.75. The Balaban J connectivity index is 4.10. The molecule has 0 N–H and O–H groups in total. The molecule has 0 fully saturated rings. The fraction of sp³-hybridized carbons (Fsp3) is 0.667. The second-order valence-corrected chi connectivity index (χ2v) is 2.95. The van der Waals surface area contributed by atoms with Crippen molar-refractivity contribution >= 4 is 29.3 Å². The minimum atomic E-state index is -0.390. The standard InChI is InChI=1S/C9H13NO4S/c1-13-8(11)4-3-7(10-6-15)5-9(12)14-2/h7H,3-5H2,1-2H3. The van der Waals surface area contributed by atoms with Gasteiger partial charge in [0.1, 0.15) is 0 Å². The van der Waals surface area contributed by atoms with Crippen molar-refractivity contribution in [3.05, 3.63) is 0 Å². The molecule has 0 aliphatic rings. The van der Waals surface area contributed by atoms with Crippen LogP contribution in [0.3, 0.4) is 0 Å². The smallest absolute Gasteiger partial charge is 0.307 e. The van der Waals surface area contributed by atoms with Crippen LogP contribution in [0, 0.1) is 0 Å². The van der Waals surface area contributed by atoms with Crippen molar-refractivity contribution < 1.29 is 19.1 Å². The van der Waals surface area contributed by atoms with E-state index in [4.69, 9.17) is 0 Å². The summed E-state index contributed by atoms with van der Waals surface area (Å²) in [5, 5.41) is 2.19. The summed E-state index contributed by atoms with van der Waals surface area (Å²) in [6.07, 6.45) is 0.682. The van der Waals surface area contributed by atoms with Gasteiger partial charge in [-0.3, -0.25) is 9.59 Å². The van der Waals surface area contributed by atoms with Crippen molar-refractivity contribution in [3.63, 3.8) is 0 Å². The molecule has 0 aliphatic carbocycles. The summed E-state index contributed by atoms with van der Waals surface area (Å²) in [4.78, 5) is 25.6. The van der Waals surface area contributed by atoms with E-state index in [1.54, 1.807) is 0 Å². The maximum Gasteiger partial charge on any atom is 0.307 e. The molecule has 1 atom stereocenters. The van der Waals surface area contributed by atoms with Gasteiger partial charge in [0.25, 0.3) is 0 Å². The van der Waals surface area contributed by atoms with Crippen LogP contribution in [0.4, 0.5) is 0 Å². The van der Waals surface area contributed by atoms with E-state index < -0.39 is 0 Å². The van der Waals surface area contributed by atoms with Gasteiger partial charge in [-0.15, -0.1) is 0 Å². The highest BCUT2D eigenvalue weighted by molar-refractivity contribution is 7.78. The van der Waals surface area contributed by atoms with E-state index in [2.05, 4.69) is 31.8 Å². The molecule has 0 saturated heterocycles. The molecule has 0 aliphatic heterocycles. The highest BCUT2D eigenvalue weighted by Gasteiger charge is 2.14. The Morgan fingerprint density at radius 2 is 1.93 bits per heavy atom. The molecule has 0 amide bonds. The van der Waals surface area contributed by atoms with E-state index in [1.807, 2.05) is 0 Å². The second kappa shape index (κ2) is 8.08. The van der Waals surface area contributed by atoms with Crippen molar-refractivity contribution in [1.82, 2.24) is 0 Å². The zero-order valence-electron chi connectivity index (χ0n) is 8.69. The van der Waals surface area contributed by atoms with Gasteiger partial charge in [0.15, 0.2) is 0 Å². The van der Waals surface area contributed by atoms with Gasteiger partial charge < -0.3 is 9.47 Å². The summed E-state index contributed by atoms with van der Waals surface area (Å²) in [5.74, 6) is -0.733. The highest BCUT2D eigenvalue weighted by atomic mass is 32.1. The topological polar surface area (TPSA) is 65.0 Å². The molecule has 0 spiro atoms. The fourth-order valence-electron chi connectivity index (χ4n) is 0.949. The summed E-state index contributed by atoms with van der Waals surface area (Å²) in [6.45, 7) is 0. The number of carbonyl (C=O) groups excluding carboxylic acids is 2. The first-order valence-electron chi connectivity index (χ1n) is 4.34. The van der Waals surface area contributed by atoms with Crippen molar-refractivity contribution in [3.8, 4) is 0 Å². The Bertz CT molecular complexity index is 273. The van der Waals surface area contributed by atoms with Gasteiger partial charge in [0.2, 0.25) is 0 Å². The van der Waals surface area contributed by atoms with E-state index >= 15 is 0 Å². The third-order valence-electron chi connectivity index (χ3n) is 1.77. The molecule has 6 heteroatoms. The van der Waals surface area contributed by atoms with Crippen molar-refractivity contribution in [2.45, 2.75) is 25.3 Å². The Hall–Kier alpha value is -1.26. The van der Waals surface area contributed by atoms with Gasteiger partial charge in [-0.2, -0.15) is 0 Å². The summed E-state index contributed by atoms with van der Waals surface area (Å²) >= 11 is 4.44. The van der Waals surface area contributed by atoms with Crippen molar-refractivity contribution in [1.29, 1.82) is 0 Å². The molecular formula is C9H13NO4S. The SMILES string of the molecule is COC(=O)CCC(CC(=O)OC)N=C=S. The molecule has 0 aromatic rings. The molecular weight excluding hydrogens is 218 g/mol. The molecule has 0 heterocycles. The Kier molecular flexibility index (Phi) is 7.40. The average molecular weight is 231 g/mol. The van der Waals surface area contributed by atoms with E-state index in [0.29, 0.717) is 6.42 Å². The Labute approximate surface area is 93.5 Å². The molecule has 0 aromatic heterocycles. The molecule has 15 heavy (non-hydrogen) atoms. The summed E-state index contributed by atoms with van der Waals surface area (Å²) in [7, 11) is 2.60. The van der Waals surface area contributed by atoms with Crippen LogP contribution in [0.5, 0.6) is 0 Å². The maximum absolute atomic E-state index is 11.0. The minimum Gasteiger partial charge on any atom is -0.469 e. The lowest BCUT2D eigenvalue weighted by atomic mass is 10.1. The fourth-order valence-corrected chi connectivity index (χ4v) is 1.10. The number of esters is 2. The van der Waals surface area contributed by atoms with Crippen molar-refractivity contribution in [2.75, 3.05) is 14.2 Å². The monoisotopic (exact) mass is 231 g/mol. The predicted molar refractivity (Wildman–Crippen MR) is 56.7 cm³/mol. The molecule has 84 valence electrons. The van der Waals surface area contributed by atoms with Gasteiger partial charge in [-0.05, 0) is 18.6 Å². The van der Waals surface area contributed by atoms with Gasteiger partial charge in [-0.25, -0.2) is 4.99 Å². The number of rotatable bonds is 6. The summed E-state index contributed by atoms with van der Waals surface area (Å²) in [5.41, 5.74) is 0. The number of aliphatic imine (C=N–C) groups is 1. The average Bonchev–Trinajstić information content (AvgIpc) is 2.25. The number of carbonyl (C=O) groups is 2. The van der Waals surface area contributed by atoms with Crippen LogP contribution in [0.1, 0.15) is 19.3 Å². The molecule has 0 aromatic carbocycles. The number of hydrogen-bond donors (Lipinski definition) is 0. The van der Waals surface area contributed by atoms with Crippen LogP contribution in [0.15, 0.2) is 4.99 Å². The first-order chi connectivity index (χ1) is 7.13. The zero-order chi connectivity index (χ0) is 11.7. The lowest BCUT2D eigenvalue weighted by Gasteiger charge is -2.08. The van der Waals surface area contributed by atoms with E-state index in [1.165, 1.54) is 14.2 Å². The molecule has 0 radical (unpaired) electrons. The van der Waals surface area contributed by atoms with Gasteiger partial charge >= 0.3 is 11.9 Å². The molecule has 0 bridgehead atoms. The second-order valence-electron chi connectivity index (χ2n) is 2.77. The van der Waals surface area contributed by atoms with Crippen LogP contribution in [-0.4, -0.2) is 37.4 Å². The van der Waals surface area contributed by atoms with Crippen LogP contribution < -0.4 is 0 Å². The number of thiocarbonyl (C=S) groups is 1. The highest BCUT2D eigenvalue weighted by Crippen LogP contribution is 2.08. The minimum absolute atomic E-state index is 0.0944. The maximum atomic E-state index is 11.0. The van der Waals surface area contributed by atoms with Crippen molar-refractivity contribution in [2.24, 2.45) is 4.99 Å².